The number of benzene rings is 1. The van der Waals surface area contributed by atoms with E-state index in [1.54, 1.807) is 12.1 Å². The Morgan fingerprint density at radius 2 is 1.89 bits per heavy atom. The van der Waals surface area contributed by atoms with Crippen LogP contribution in [0.4, 0.5) is 5.69 Å². The van der Waals surface area contributed by atoms with Gasteiger partial charge in [-0.15, -0.1) is 0 Å². The van der Waals surface area contributed by atoms with Gasteiger partial charge in [-0.1, -0.05) is 0 Å². The molecule has 3 rings (SSSR count). The van der Waals surface area contributed by atoms with Crippen LogP contribution >= 0.6 is 0 Å². The molecule has 2 aliphatic rings. The maximum atomic E-state index is 12.8. The summed E-state index contributed by atoms with van der Waals surface area (Å²) < 4.78 is 27.2. The number of rotatable bonds is 6. The van der Waals surface area contributed by atoms with Crippen molar-refractivity contribution in [2.24, 2.45) is 0 Å². The first-order chi connectivity index (χ1) is 13.2. The van der Waals surface area contributed by atoms with Crippen LogP contribution in [-0.4, -0.2) is 75.8 Å². The Morgan fingerprint density at radius 3 is 2.50 bits per heavy atom. The van der Waals surface area contributed by atoms with Crippen LogP contribution < -0.4 is 10.2 Å². The molecule has 0 radical (unpaired) electrons. The average Bonchev–Trinajstić information content (AvgIpc) is 3.28. The lowest BCUT2D eigenvalue weighted by Gasteiger charge is -2.24. The molecule has 1 fully saturated rings. The summed E-state index contributed by atoms with van der Waals surface area (Å²) in [5.74, 6) is -0.459. The zero-order chi connectivity index (χ0) is 20.5. The third-order valence-electron chi connectivity index (χ3n) is 5.24. The normalized spacial score (nSPS) is 19.9. The molecule has 0 aliphatic carbocycles. The van der Waals surface area contributed by atoms with Crippen LogP contribution in [0, 0.1) is 0 Å². The summed E-state index contributed by atoms with van der Waals surface area (Å²) in [5, 5.41) is 2.86. The van der Waals surface area contributed by atoms with Gasteiger partial charge in [-0.05, 0) is 50.7 Å². The minimum atomic E-state index is -3.54. The molecule has 0 spiro atoms. The fraction of sp³-hybridized carbons (Fsp3) is 0.579. The van der Waals surface area contributed by atoms with Crippen molar-refractivity contribution in [2.45, 2.75) is 37.1 Å². The molecule has 9 heteroatoms. The first-order valence-corrected chi connectivity index (χ1v) is 11.0. The highest BCUT2D eigenvalue weighted by molar-refractivity contribution is 7.89. The predicted molar refractivity (Wildman–Crippen MR) is 107 cm³/mol. The Kier molecular flexibility index (Phi) is 6.07. The van der Waals surface area contributed by atoms with Gasteiger partial charge in [-0.3, -0.25) is 14.5 Å². The van der Waals surface area contributed by atoms with Gasteiger partial charge >= 0.3 is 0 Å². The molecule has 154 valence electrons. The SMILES string of the molecule is CC(=O)N1c2ccc(S(=O)(=O)N3CCCC3)cc2C[C@H]1C(=O)NCCN(C)C. The van der Waals surface area contributed by atoms with Gasteiger partial charge in [0.15, 0.2) is 0 Å². The highest BCUT2D eigenvalue weighted by Crippen LogP contribution is 2.35. The van der Waals surface area contributed by atoms with E-state index in [1.165, 1.54) is 22.2 Å². The van der Waals surface area contributed by atoms with Crippen LogP contribution in [0.1, 0.15) is 25.3 Å². The van der Waals surface area contributed by atoms with E-state index in [-0.39, 0.29) is 16.7 Å². The second-order valence-corrected chi connectivity index (χ2v) is 9.54. The molecule has 2 heterocycles. The third-order valence-corrected chi connectivity index (χ3v) is 7.13. The van der Waals surface area contributed by atoms with Crippen molar-refractivity contribution in [3.63, 3.8) is 0 Å². The second-order valence-electron chi connectivity index (χ2n) is 7.60. The standard InChI is InChI=1S/C19H28N4O4S/c1-14(24)23-17-7-6-16(28(26,27)22-9-4-5-10-22)12-15(17)13-18(23)19(25)20-8-11-21(2)3/h6-7,12,18H,4-5,8-11,13H2,1-3H3,(H,20,25)/t18-/m0/s1. The van der Waals surface area contributed by atoms with Crippen molar-refractivity contribution in [1.82, 2.24) is 14.5 Å². The molecule has 0 unspecified atom stereocenters. The molecule has 28 heavy (non-hydrogen) atoms. The van der Waals surface area contributed by atoms with Crippen molar-refractivity contribution in [3.05, 3.63) is 23.8 Å². The maximum Gasteiger partial charge on any atom is 0.243 e. The number of hydrogen-bond acceptors (Lipinski definition) is 5. The van der Waals surface area contributed by atoms with E-state index >= 15 is 0 Å². The second kappa shape index (κ2) is 8.18. The summed E-state index contributed by atoms with van der Waals surface area (Å²) in [6, 6.07) is 4.15. The van der Waals surface area contributed by atoms with Gasteiger partial charge in [-0.2, -0.15) is 4.31 Å². The van der Waals surface area contributed by atoms with Gasteiger partial charge in [0.25, 0.3) is 0 Å². The molecule has 1 saturated heterocycles. The molecule has 1 aromatic carbocycles. The number of anilines is 1. The molecule has 0 aromatic heterocycles. The number of carbonyl (C=O) groups excluding carboxylic acids is 2. The molecule has 1 N–H and O–H groups in total. The van der Waals surface area contributed by atoms with Crippen LogP contribution in [0.15, 0.2) is 23.1 Å². The molecule has 2 aliphatic heterocycles. The highest BCUT2D eigenvalue weighted by Gasteiger charge is 2.38. The Morgan fingerprint density at radius 1 is 1.21 bits per heavy atom. The van der Waals surface area contributed by atoms with E-state index in [0.717, 1.165) is 12.8 Å². The molecule has 0 saturated carbocycles. The maximum absolute atomic E-state index is 12.8. The molecule has 2 amide bonds. The molecular weight excluding hydrogens is 380 g/mol. The Bertz CT molecular complexity index is 863. The van der Waals surface area contributed by atoms with E-state index < -0.39 is 16.1 Å². The smallest absolute Gasteiger partial charge is 0.243 e. The van der Waals surface area contributed by atoms with Gasteiger partial charge in [-0.25, -0.2) is 8.42 Å². The topological polar surface area (TPSA) is 90.0 Å². The van der Waals surface area contributed by atoms with Crippen LogP contribution in [0.5, 0.6) is 0 Å². The van der Waals surface area contributed by atoms with Crippen molar-refractivity contribution in [2.75, 3.05) is 45.2 Å². The first kappa shape index (κ1) is 20.8. The van der Waals surface area contributed by atoms with E-state index in [0.29, 0.717) is 43.9 Å². The van der Waals surface area contributed by atoms with Crippen LogP contribution in [0.3, 0.4) is 0 Å². The first-order valence-electron chi connectivity index (χ1n) is 9.57. The summed E-state index contributed by atoms with van der Waals surface area (Å²) in [7, 11) is 0.301. The number of amides is 2. The van der Waals surface area contributed by atoms with Gasteiger partial charge in [0.1, 0.15) is 6.04 Å². The van der Waals surface area contributed by atoms with Gasteiger partial charge < -0.3 is 10.2 Å². The van der Waals surface area contributed by atoms with Gasteiger partial charge in [0, 0.05) is 45.2 Å². The summed E-state index contributed by atoms with van der Waals surface area (Å²) in [6.07, 6.45) is 2.06. The van der Waals surface area contributed by atoms with Crippen molar-refractivity contribution in [3.8, 4) is 0 Å². The number of hydrogen-bond donors (Lipinski definition) is 1. The number of carbonyl (C=O) groups is 2. The number of nitrogens with one attached hydrogen (secondary N) is 1. The van der Waals surface area contributed by atoms with Gasteiger partial charge in [0.05, 0.1) is 4.90 Å². The number of likely N-dealkylation sites (N-methyl/N-ethyl adjacent to an activating group) is 1. The minimum Gasteiger partial charge on any atom is -0.353 e. The molecule has 0 bridgehead atoms. The number of sulfonamides is 1. The quantitative estimate of drug-likeness (QED) is 0.737. The summed E-state index contributed by atoms with van der Waals surface area (Å²) in [5.41, 5.74) is 1.32. The molecule has 8 nitrogen and oxygen atoms in total. The number of nitrogens with zero attached hydrogens (tertiary/aromatic N) is 3. The Labute approximate surface area is 166 Å². The van der Waals surface area contributed by atoms with Crippen molar-refractivity contribution < 1.29 is 18.0 Å². The van der Waals surface area contributed by atoms with Crippen molar-refractivity contribution in [1.29, 1.82) is 0 Å². The third kappa shape index (κ3) is 4.06. The predicted octanol–water partition coefficient (Wildman–Crippen LogP) is 0.427. The summed E-state index contributed by atoms with van der Waals surface area (Å²) in [6.45, 7) is 3.68. The molecular formula is C19H28N4O4S. The van der Waals surface area contributed by atoms with E-state index in [2.05, 4.69) is 5.32 Å². The zero-order valence-electron chi connectivity index (χ0n) is 16.6. The summed E-state index contributed by atoms with van der Waals surface area (Å²) >= 11 is 0. The van der Waals surface area contributed by atoms with Gasteiger partial charge in [0.2, 0.25) is 21.8 Å². The van der Waals surface area contributed by atoms with E-state index in [9.17, 15) is 18.0 Å². The van der Waals surface area contributed by atoms with Crippen LogP contribution in [-0.2, 0) is 26.0 Å². The minimum absolute atomic E-state index is 0.225. The highest BCUT2D eigenvalue weighted by atomic mass is 32.2. The van der Waals surface area contributed by atoms with E-state index in [1.807, 2.05) is 19.0 Å². The molecule has 1 aromatic rings. The zero-order valence-corrected chi connectivity index (χ0v) is 17.5. The van der Waals surface area contributed by atoms with Crippen LogP contribution in [0.25, 0.3) is 0 Å². The fourth-order valence-electron chi connectivity index (χ4n) is 3.79. The monoisotopic (exact) mass is 408 g/mol. The van der Waals surface area contributed by atoms with Crippen LogP contribution in [0.2, 0.25) is 0 Å². The lowest BCUT2D eigenvalue weighted by atomic mass is 10.1. The Hall–Kier alpha value is -1.97. The lowest BCUT2D eigenvalue weighted by Crippen LogP contribution is -2.48. The van der Waals surface area contributed by atoms with Crippen molar-refractivity contribution >= 4 is 27.5 Å². The summed E-state index contributed by atoms with van der Waals surface area (Å²) in [4.78, 5) is 28.5. The molecule has 1 atom stereocenters. The largest absolute Gasteiger partial charge is 0.353 e. The average molecular weight is 409 g/mol. The fourth-order valence-corrected chi connectivity index (χ4v) is 5.35. The lowest BCUT2D eigenvalue weighted by molar-refractivity contribution is -0.125. The van der Waals surface area contributed by atoms with E-state index in [4.69, 9.17) is 0 Å². The number of fused-ring (bicyclic) bond motifs is 1. The Balaban J connectivity index is 1.83.